The van der Waals surface area contributed by atoms with Crippen LogP contribution in [-0.2, 0) is 0 Å². The molecule has 0 aliphatic rings. The van der Waals surface area contributed by atoms with Gasteiger partial charge in [-0.2, -0.15) is 0 Å². The van der Waals surface area contributed by atoms with Gasteiger partial charge in [0.2, 0.25) is 0 Å². The van der Waals surface area contributed by atoms with Crippen molar-refractivity contribution in [2.24, 2.45) is 0 Å². The molecule has 1 heterocycles. The van der Waals surface area contributed by atoms with E-state index in [4.69, 9.17) is 0 Å². The fourth-order valence-electron chi connectivity index (χ4n) is 0.959. The molecule has 14 heavy (non-hydrogen) atoms. The third-order valence-electron chi connectivity index (χ3n) is 1.54. The lowest BCUT2D eigenvalue weighted by Gasteiger charge is -2.05. The SMILES string of the molecule is CC(C)NC(=O)c1cc([N+](=O)[O-])c[nH]1. The number of aromatic amines is 1. The Morgan fingerprint density at radius 1 is 1.64 bits per heavy atom. The molecule has 0 fully saturated rings. The molecule has 6 nitrogen and oxygen atoms in total. The number of carbonyl (C=O) groups excluding carboxylic acids is 1. The van der Waals surface area contributed by atoms with Crippen molar-refractivity contribution in [3.05, 3.63) is 28.1 Å². The molecule has 0 bridgehead atoms. The Labute approximate surface area is 80.5 Å². The van der Waals surface area contributed by atoms with Crippen LogP contribution in [0.5, 0.6) is 0 Å². The summed E-state index contributed by atoms with van der Waals surface area (Å²) in [5.41, 5.74) is 0.0873. The predicted octanol–water partition coefficient (Wildman–Crippen LogP) is 1.06. The third kappa shape index (κ3) is 2.32. The van der Waals surface area contributed by atoms with Crippen molar-refractivity contribution in [2.45, 2.75) is 19.9 Å². The van der Waals surface area contributed by atoms with Crippen LogP contribution in [0.2, 0.25) is 0 Å². The standard InChI is InChI=1S/C8H11N3O3/c1-5(2)10-8(12)7-3-6(4-9-7)11(13)14/h3-5,9H,1-2H3,(H,10,12). The van der Waals surface area contributed by atoms with Gasteiger partial charge in [-0.05, 0) is 13.8 Å². The van der Waals surface area contributed by atoms with Gasteiger partial charge in [0.05, 0.1) is 11.1 Å². The predicted molar refractivity (Wildman–Crippen MR) is 50.0 cm³/mol. The van der Waals surface area contributed by atoms with E-state index in [9.17, 15) is 14.9 Å². The summed E-state index contributed by atoms with van der Waals surface area (Å²) in [7, 11) is 0. The van der Waals surface area contributed by atoms with E-state index in [1.807, 2.05) is 13.8 Å². The molecule has 0 unspecified atom stereocenters. The van der Waals surface area contributed by atoms with E-state index in [0.29, 0.717) is 0 Å². The number of carbonyl (C=O) groups is 1. The lowest BCUT2D eigenvalue weighted by atomic mass is 10.3. The number of hydrogen-bond acceptors (Lipinski definition) is 3. The normalized spacial score (nSPS) is 10.2. The number of aromatic nitrogens is 1. The largest absolute Gasteiger partial charge is 0.351 e. The fourth-order valence-corrected chi connectivity index (χ4v) is 0.959. The molecule has 0 saturated heterocycles. The van der Waals surface area contributed by atoms with Crippen LogP contribution < -0.4 is 5.32 Å². The first-order chi connectivity index (χ1) is 6.50. The number of hydrogen-bond donors (Lipinski definition) is 2. The van der Waals surface area contributed by atoms with E-state index in [1.165, 1.54) is 12.3 Å². The third-order valence-corrected chi connectivity index (χ3v) is 1.54. The van der Waals surface area contributed by atoms with Crippen molar-refractivity contribution >= 4 is 11.6 Å². The van der Waals surface area contributed by atoms with Crippen LogP contribution >= 0.6 is 0 Å². The van der Waals surface area contributed by atoms with Crippen LogP contribution in [-0.4, -0.2) is 21.9 Å². The Hall–Kier alpha value is -1.85. The number of amides is 1. The molecule has 0 saturated carbocycles. The van der Waals surface area contributed by atoms with E-state index < -0.39 is 4.92 Å². The second-order valence-corrected chi connectivity index (χ2v) is 3.16. The van der Waals surface area contributed by atoms with Crippen molar-refractivity contribution in [1.82, 2.24) is 10.3 Å². The fraction of sp³-hybridized carbons (Fsp3) is 0.375. The minimum Gasteiger partial charge on any atom is -0.351 e. The maximum atomic E-state index is 11.3. The summed E-state index contributed by atoms with van der Waals surface area (Å²) in [6.07, 6.45) is 1.19. The van der Waals surface area contributed by atoms with Gasteiger partial charge in [0.25, 0.3) is 11.6 Å². The second kappa shape index (κ2) is 3.91. The summed E-state index contributed by atoms with van der Waals surface area (Å²) < 4.78 is 0. The lowest BCUT2D eigenvalue weighted by Crippen LogP contribution is -2.30. The number of nitro groups is 1. The van der Waals surface area contributed by atoms with E-state index in [1.54, 1.807) is 0 Å². The molecule has 2 N–H and O–H groups in total. The van der Waals surface area contributed by atoms with Gasteiger partial charge >= 0.3 is 0 Å². The van der Waals surface area contributed by atoms with Crippen LogP contribution in [0, 0.1) is 10.1 Å². The van der Waals surface area contributed by atoms with Crippen molar-refractivity contribution in [1.29, 1.82) is 0 Å². The van der Waals surface area contributed by atoms with Crippen molar-refractivity contribution < 1.29 is 9.72 Å². The van der Waals surface area contributed by atoms with Gasteiger partial charge in [0.1, 0.15) is 5.69 Å². The van der Waals surface area contributed by atoms with Gasteiger partial charge in [-0.25, -0.2) is 0 Å². The Morgan fingerprint density at radius 3 is 2.71 bits per heavy atom. The number of H-pyrrole nitrogens is 1. The first kappa shape index (κ1) is 10.2. The van der Waals surface area contributed by atoms with Gasteiger partial charge in [0, 0.05) is 12.1 Å². The highest BCUT2D eigenvalue weighted by atomic mass is 16.6. The molecule has 0 aromatic carbocycles. The molecule has 1 amide bonds. The average Bonchev–Trinajstić information content (AvgIpc) is 2.50. The van der Waals surface area contributed by atoms with Gasteiger partial charge in [0.15, 0.2) is 0 Å². The zero-order valence-electron chi connectivity index (χ0n) is 7.90. The quantitative estimate of drug-likeness (QED) is 0.561. The highest BCUT2D eigenvalue weighted by molar-refractivity contribution is 5.93. The average molecular weight is 197 g/mol. The molecule has 0 spiro atoms. The highest BCUT2D eigenvalue weighted by Crippen LogP contribution is 2.11. The zero-order valence-corrected chi connectivity index (χ0v) is 7.90. The van der Waals surface area contributed by atoms with Crippen LogP contribution in [0.15, 0.2) is 12.3 Å². The molecule has 0 aliphatic carbocycles. The van der Waals surface area contributed by atoms with E-state index >= 15 is 0 Å². The lowest BCUT2D eigenvalue weighted by molar-refractivity contribution is -0.384. The highest BCUT2D eigenvalue weighted by Gasteiger charge is 2.14. The van der Waals surface area contributed by atoms with E-state index in [0.717, 1.165) is 0 Å². The molecule has 76 valence electrons. The smallest absolute Gasteiger partial charge is 0.287 e. The minimum absolute atomic E-state index is 0.00450. The molecule has 1 rings (SSSR count). The topological polar surface area (TPSA) is 88.0 Å². The maximum Gasteiger partial charge on any atom is 0.287 e. The number of nitrogens with zero attached hydrogens (tertiary/aromatic N) is 1. The Balaban J connectivity index is 2.76. The van der Waals surface area contributed by atoms with Crippen LogP contribution in [0.1, 0.15) is 24.3 Å². The van der Waals surface area contributed by atoms with Crippen molar-refractivity contribution in [3.8, 4) is 0 Å². The van der Waals surface area contributed by atoms with Crippen LogP contribution in [0.25, 0.3) is 0 Å². The van der Waals surface area contributed by atoms with E-state index in [2.05, 4.69) is 10.3 Å². The molecule has 6 heteroatoms. The zero-order chi connectivity index (χ0) is 10.7. The Morgan fingerprint density at radius 2 is 2.29 bits per heavy atom. The van der Waals surface area contributed by atoms with Gasteiger partial charge < -0.3 is 10.3 Å². The molecule has 0 atom stereocenters. The summed E-state index contributed by atoms with van der Waals surface area (Å²) in [4.78, 5) is 23.6. The monoisotopic (exact) mass is 197 g/mol. The van der Waals surface area contributed by atoms with Crippen LogP contribution in [0.4, 0.5) is 5.69 Å². The summed E-state index contributed by atoms with van der Waals surface area (Å²) in [5, 5.41) is 12.9. The molecule has 1 aromatic rings. The number of rotatable bonds is 3. The summed E-state index contributed by atoms with van der Waals surface area (Å²) in [6, 6.07) is 1.21. The van der Waals surface area contributed by atoms with Gasteiger partial charge in [-0.3, -0.25) is 14.9 Å². The van der Waals surface area contributed by atoms with Gasteiger partial charge in [-0.15, -0.1) is 0 Å². The van der Waals surface area contributed by atoms with Crippen molar-refractivity contribution in [2.75, 3.05) is 0 Å². The molecule has 0 radical (unpaired) electrons. The molecule has 0 aliphatic heterocycles. The molecule has 1 aromatic heterocycles. The summed E-state index contributed by atoms with van der Waals surface area (Å²) in [5.74, 6) is -0.340. The first-order valence-corrected chi connectivity index (χ1v) is 4.14. The summed E-state index contributed by atoms with van der Waals surface area (Å²) in [6.45, 7) is 3.63. The van der Waals surface area contributed by atoms with Crippen molar-refractivity contribution in [3.63, 3.8) is 0 Å². The molecular weight excluding hydrogens is 186 g/mol. The maximum absolute atomic E-state index is 11.3. The first-order valence-electron chi connectivity index (χ1n) is 4.14. The summed E-state index contributed by atoms with van der Waals surface area (Å²) >= 11 is 0. The Kier molecular flexibility index (Phi) is 2.85. The second-order valence-electron chi connectivity index (χ2n) is 3.16. The minimum atomic E-state index is -0.553. The van der Waals surface area contributed by atoms with Gasteiger partial charge in [-0.1, -0.05) is 0 Å². The van der Waals surface area contributed by atoms with Crippen LogP contribution in [0.3, 0.4) is 0 Å². The van der Waals surface area contributed by atoms with E-state index in [-0.39, 0.29) is 23.3 Å². The number of nitrogens with one attached hydrogen (secondary N) is 2. The molecular formula is C8H11N3O3. The Bertz CT molecular complexity index is 356.